The second-order valence-corrected chi connectivity index (χ2v) is 4.67. The number of ether oxygens (including phenoxy) is 1. The number of pyridine rings is 1. The van der Waals surface area contributed by atoms with Crippen LogP contribution >= 0.6 is 0 Å². The van der Waals surface area contributed by atoms with E-state index in [1.54, 1.807) is 12.3 Å². The summed E-state index contributed by atoms with van der Waals surface area (Å²) in [5.74, 6) is -0.772. The second kappa shape index (κ2) is 5.28. The van der Waals surface area contributed by atoms with Crippen LogP contribution in [0.5, 0.6) is 0 Å². The molecule has 1 aromatic carbocycles. The SMILES string of the molecule is COC(=O)CNC(=O)c1cc2ccc3ccccc3n2c1. The van der Waals surface area contributed by atoms with Crippen molar-refractivity contribution < 1.29 is 14.3 Å². The molecule has 0 saturated heterocycles. The Morgan fingerprint density at radius 3 is 2.81 bits per heavy atom. The van der Waals surface area contributed by atoms with Gasteiger partial charge in [-0.1, -0.05) is 24.3 Å². The van der Waals surface area contributed by atoms with Crippen LogP contribution in [-0.2, 0) is 9.53 Å². The van der Waals surface area contributed by atoms with Gasteiger partial charge in [-0.25, -0.2) is 0 Å². The molecule has 1 N–H and O–H groups in total. The van der Waals surface area contributed by atoms with Crippen LogP contribution in [0.15, 0.2) is 48.7 Å². The maximum Gasteiger partial charge on any atom is 0.325 e. The van der Waals surface area contributed by atoms with Crippen LogP contribution in [0.25, 0.3) is 16.4 Å². The molecule has 0 atom stereocenters. The van der Waals surface area contributed by atoms with Crippen molar-refractivity contribution in [2.24, 2.45) is 0 Å². The van der Waals surface area contributed by atoms with E-state index in [1.165, 1.54) is 7.11 Å². The molecule has 1 amide bonds. The van der Waals surface area contributed by atoms with E-state index in [0.717, 1.165) is 16.4 Å². The van der Waals surface area contributed by atoms with Crippen molar-refractivity contribution in [1.82, 2.24) is 9.72 Å². The van der Waals surface area contributed by atoms with Gasteiger partial charge in [-0.15, -0.1) is 0 Å². The Bertz CT molecular complexity index is 836. The molecule has 0 bridgehead atoms. The van der Waals surface area contributed by atoms with E-state index in [2.05, 4.69) is 10.1 Å². The van der Waals surface area contributed by atoms with Crippen LogP contribution in [0.2, 0.25) is 0 Å². The van der Waals surface area contributed by atoms with E-state index >= 15 is 0 Å². The zero-order chi connectivity index (χ0) is 14.8. The minimum Gasteiger partial charge on any atom is -0.468 e. The van der Waals surface area contributed by atoms with Crippen molar-refractivity contribution in [2.75, 3.05) is 13.7 Å². The molecule has 106 valence electrons. The number of nitrogens with one attached hydrogen (secondary N) is 1. The molecule has 5 heteroatoms. The number of rotatable bonds is 3. The van der Waals surface area contributed by atoms with Crippen LogP contribution in [0, 0.1) is 0 Å². The molecule has 3 aromatic rings. The molecule has 0 aliphatic rings. The number of benzene rings is 1. The Morgan fingerprint density at radius 1 is 1.19 bits per heavy atom. The average Bonchev–Trinajstić information content (AvgIpc) is 2.96. The fourth-order valence-electron chi connectivity index (χ4n) is 2.29. The van der Waals surface area contributed by atoms with Gasteiger partial charge in [0.05, 0.1) is 18.2 Å². The topological polar surface area (TPSA) is 59.8 Å². The van der Waals surface area contributed by atoms with Gasteiger partial charge in [-0.05, 0) is 23.6 Å². The quantitative estimate of drug-likeness (QED) is 0.747. The molecule has 0 unspecified atom stereocenters. The number of methoxy groups -OCH3 is 1. The number of aromatic nitrogens is 1. The maximum absolute atomic E-state index is 12.0. The molecular formula is C16H14N2O3. The molecule has 3 rings (SSSR count). The average molecular weight is 282 g/mol. The lowest BCUT2D eigenvalue weighted by Crippen LogP contribution is -2.29. The van der Waals surface area contributed by atoms with Crippen LogP contribution in [0.4, 0.5) is 0 Å². The predicted octanol–water partition coefficient (Wildman–Crippen LogP) is 2.00. The van der Waals surface area contributed by atoms with Gasteiger partial charge in [-0.3, -0.25) is 9.59 Å². The van der Waals surface area contributed by atoms with E-state index in [-0.39, 0.29) is 12.5 Å². The summed E-state index contributed by atoms with van der Waals surface area (Å²) in [7, 11) is 1.29. The number of hydrogen-bond acceptors (Lipinski definition) is 3. The molecule has 2 heterocycles. The standard InChI is InChI=1S/C16H14N2O3/c1-21-15(19)9-17-16(20)12-8-13-7-6-11-4-2-3-5-14(11)18(13)10-12/h2-8,10H,9H2,1H3,(H,17,20). The number of carbonyl (C=O) groups excluding carboxylic acids is 2. The van der Waals surface area contributed by atoms with Gasteiger partial charge in [-0.2, -0.15) is 0 Å². The molecule has 2 aromatic heterocycles. The van der Waals surface area contributed by atoms with E-state index in [4.69, 9.17) is 0 Å². The molecular weight excluding hydrogens is 268 g/mol. The number of carbonyl (C=O) groups is 2. The molecule has 0 aliphatic carbocycles. The number of hydrogen-bond donors (Lipinski definition) is 1. The van der Waals surface area contributed by atoms with Gasteiger partial charge in [0.2, 0.25) is 0 Å². The molecule has 5 nitrogen and oxygen atoms in total. The van der Waals surface area contributed by atoms with Gasteiger partial charge < -0.3 is 14.5 Å². The van der Waals surface area contributed by atoms with Crippen molar-refractivity contribution in [3.8, 4) is 0 Å². The fraction of sp³-hybridized carbons (Fsp3) is 0.125. The Labute approximate surface area is 121 Å². The summed E-state index contributed by atoms with van der Waals surface area (Å²) >= 11 is 0. The zero-order valence-corrected chi connectivity index (χ0v) is 11.5. The van der Waals surface area contributed by atoms with Crippen molar-refractivity contribution >= 4 is 28.3 Å². The van der Waals surface area contributed by atoms with E-state index in [0.29, 0.717) is 5.56 Å². The smallest absolute Gasteiger partial charge is 0.325 e. The summed E-state index contributed by atoms with van der Waals surface area (Å²) in [6.45, 7) is -0.137. The highest BCUT2D eigenvalue weighted by Crippen LogP contribution is 2.19. The third-order valence-corrected chi connectivity index (χ3v) is 3.36. The zero-order valence-electron chi connectivity index (χ0n) is 11.5. The van der Waals surface area contributed by atoms with E-state index in [9.17, 15) is 9.59 Å². The lowest BCUT2D eigenvalue weighted by molar-refractivity contribution is -0.139. The van der Waals surface area contributed by atoms with Crippen LogP contribution < -0.4 is 5.32 Å². The lowest BCUT2D eigenvalue weighted by atomic mass is 10.2. The van der Waals surface area contributed by atoms with Gasteiger partial charge in [0.25, 0.3) is 5.91 Å². The van der Waals surface area contributed by atoms with Crippen molar-refractivity contribution in [2.45, 2.75) is 0 Å². The van der Waals surface area contributed by atoms with Gasteiger partial charge in [0.15, 0.2) is 0 Å². The van der Waals surface area contributed by atoms with Crippen LogP contribution in [0.1, 0.15) is 10.4 Å². The molecule has 0 fully saturated rings. The summed E-state index contributed by atoms with van der Waals surface area (Å²) in [6, 6.07) is 13.7. The Kier molecular flexibility index (Phi) is 3.31. The molecule has 21 heavy (non-hydrogen) atoms. The third-order valence-electron chi connectivity index (χ3n) is 3.36. The maximum atomic E-state index is 12.0. The van der Waals surface area contributed by atoms with Crippen molar-refractivity contribution in [3.05, 3.63) is 54.2 Å². The molecule has 0 spiro atoms. The highest BCUT2D eigenvalue weighted by atomic mass is 16.5. The first-order chi connectivity index (χ1) is 10.2. The number of esters is 1. The summed E-state index contributed by atoms with van der Waals surface area (Å²) in [4.78, 5) is 23.1. The highest BCUT2D eigenvalue weighted by molar-refractivity contribution is 5.98. The number of amides is 1. The van der Waals surface area contributed by atoms with Crippen molar-refractivity contribution in [3.63, 3.8) is 0 Å². The highest BCUT2D eigenvalue weighted by Gasteiger charge is 2.11. The van der Waals surface area contributed by atoms with Crippen LogP contribution in [0.3, 0.4) is 0 Å². The van der Waals surface area contributed by atoms with E-state index in [1.807, 2.05) is 40.8 Å². The Balaban J connectivity index is 1.95. The predicted molar refractivity (Wildman–Crippen MR) is 79.3 cm³/mol. The normalized spacial score (nSPS) is 10.7. The number of nitrogens with zero attached hydrogens (tertiary/aromatic N) is 1. The van der Waals surface area contributed by atoms with Gasteiger partial charge >= 0.3 is 5.97 Å². The molecule has 0 radical (unpaired) electrons. The molecule has 0 aliphatic heterocycles. The molecule has 0 saturated carbocycles. The van der Waals surface area contributed by atoms with Crippen molar-refractivity contribution in [1.29, 1.82) is 0 Å². The largest absolute Gasteiger partial charge is 0.468 e. The monoisotopic (exact) mass is 282 g/mol. The van der Waals surface area contributed by atoms with Gasteiger partial charge in [0.1, 0.15) is 6.54 Å². The number of para-hydroxylation sites is 1. The fourth-order valence-corrected chi connectivity index (χ4v) is 2.29. The first-order valence-electron chi connectivity index (χ1n) is 6.54. The van der Waals surface area contributed by atoms with E-state index < -0.39 is 5.97 Å². The van der Waals surface area contributed by atoms with Gasteiger partial charge in [0, 0.05) is 11.7 Å². The minimum absolute atomic E-state index is 0.137. The third kappa shape index (κ3) is 2.45. The minimum atomic E-state index is -0.474. The summed E-state index contributed by atoms with van der Waals surface area (Å²) in [6.07, 6.45) is 1.77. The summed E-state index contributed by atoms with van der Waals surface area (Å²) in [5.41, 5.74) is 2.47. The lowest BCUT2D eigenvalue weighted by Gasteiger charge is -2.02. The number of fused-ring (bicyclic) bond motifs is 3. The first-order valence-corrected chi connectivity index (χ1v) is 6.54. The summed E-state index contributed by atoms with van der Waals surface area (Å²) in [5, 5.41) is 3.63. The Morgan fingerprint density at radius 2 is 2.00 bits per heavy atom. The summed E-state index contributed by atoms with van der Waals surface area (Å²) < 4.78 is 6.45. The van der Waals surface area contributed by atoms with Crippen LogP contribution in [-0.4, -0.2) is 29.9 Å². The Hall–Kier alpha value is -2.82. The first kappa shape index (κ1) is 13.2. The second-order valence-electron chi connectivity index (χ2n) is 4.67.